The third-order valence-electron chi connectivity index (χ3n) is 5.38. The minimum Gasteiger partial charge on any atom is -0.365 e. The summed E-state index contributed by atoms with van der Waals surface area (Å²) in [6.07, 6.45) is 1.77. The van der Waals surface area contributed by atoms with E-state index in [2.05, 4.69) is 64.2 Å². The van der Waals surface area contributed by atoms with E-state index >= 15 is 0 Å². The summed E-state index contributed by atoms with van der Waals surface area (Å²) in [5, 5.41) is 8.49. The second-order valence-electron chi connectivity index (χ2n) is 7.28. The molecule has 27 heavy (non-hydrogen) atoms. The average Bonchev–Trinajstić information content (AvgIpc) is 3.17. The Bertz CT molecular complexity index is 1120. The lowest BCUT2D eigenvalue weighted by Gasteiger charge is -2.41. The minimum absolute atomic E-state index is 0.386. The van der Waals surface area contributed by atoms with Gasteiger partial charge in [-0.1, -0.05) is 24.3 Å². The molecule has 0 N–H and O–H groups in total. The van der Waals surface area contributed by atoms with Crippen molar-refractivity contribution in [2.75, 3.05) is 29.4 Å². The summed E-state index contributed by atoms with van der Waals surface area (Å²) in [5.74, 6) is 0.918. The lowest BCUT2D eigenvalue weighted by atomic mass is 10.1. The van der Waals surface area contributed by atoms with Crippen LogP contribution < -0.4 is 9.80 Å². The van der Waals surface area contributed by atoms with Crippen molar-refractivity contribution >= 4 is 28.2 Å². The van der Waals surface area contributed by atoms with Crippen molar-refractivity contribution in [1.82, 2.24) is 19.6 Å². The number of para-hydroxylation sites is 2. The lowest BCUT2D eigenvalue weighted by Crippen LogP contribution is -2.52. The fourth-order valence-corrected chi connectivity index (χ4v) is 4.04. The average molecular weight is 358 g/mol. The Morgan fingerprint density at radius 2 is 1.93 bits per heavy atom. The summed E-state index contributed by atoms with van der Waals surface area (Å²) in [5.41, 5.74) is 5.41. The quantitative estimate of drug-likeness (QED) is 0.550. The Morgan fingerprint density at radius 1 is 1.04 bits per heavy atom. The van der Waals surface area contributed by atoms with Gasteiger partial charge >= 0.3 is 0 Å². The van der Waals surface area contributed by atoms with Gasteiger partial charge in [0.05, 0.1) is 11.0 Å². The van der Waals surface area contributed by atoms with Gasteiger partial charge in [-0.15, -0.1) is 10.2 Å². The van der Waals surface area contributed by atoms with E-state index in [-0.39, 0.29) is 0 Å². The molecule has 1 aliphatic heterocycles. The molecule has 5 rings (SSSR count). The first-order valence-electron chi connectivity index (χ1n) is 9.37. The molecule has 1 atom stereocenters. The first kappa shape index (κ1) is 16.1. The Balaban J connectivity index is 1.50. The number of hydrogen-bond donors (Lipinski definition) is 0. The van der Waals surface area contributed by atoms with Gasteiger partial charge in [0, 0.05) is 31.4 Å². The molecule has 6 heteroatoms. The Labute approximate surface area is 158 Å². The zero-order valence-corrected chi connectivity index (χ0v) is 15.6. The van der Waals surface area contributed by atoms with Crippen LogP contribution >= 0.6 is 0 Å². The molecule has 0 aliphatic carbocycles. The van der Waals surface area contributed by atoms with Gasteiger partial charge in [0.2, 0.25) is 5.65 Å². The third kappa shape index (κ3) is 2.68. The minimum atomic E-state index is 0.386. The number of aromatic nitrogens is 4. The molecule has 1 aliphatic rings. The molecule has 0 spiro atoms. The fourth-order valence-electron chi connectivity index (χ4n) is 4.04. The van der Waals surface area contributed by atoms with Crippen LogP contribution in [0.5, 0.6) is 0 Å². The molecule has 136 valence electrons. The van der Waals surface area contributed by atoms with E-state index < -0.39 is 0 Å². The van der Waals surface area contributed by atoms with Crippen LogP contribution in [0.25, 0.3) is 16.7 Å². The Kier molecular flexibility index (Phi) is 3.70. The number of piperazine rings is 1. The molecule has 0 saturated carbocycles. The van der Waals surface area contributed by atoms with E-state index in [0.29, 0.717) is 6.04 Å². The number of aryl methyl sites for hydroxylation is 1. The van der Waals surface area contributed by atoms with Gasteiger partial charge in [0.25, 0.3) is 0 Å². The molecule has 1 saturated heterocycles. The first-order chi connectivity index (χ1) is 13.2. The van der Waals surface area contributed by atoms with Gasteiger partial charge in [-0.2, -0.15) is 0 Å². The van der Waals surface area contributed by atoms with Gasteiger partial charge < -0.3 is 9.80 Å². The highest BCUT2D eigenvalue weighted by Gasteiger charge is 2.27. The molecule has 1 fully saturated rings. The van der Waals surface area contributed by atoms with Gasteiger partial charge in [0.1, 0.15) is 6.33 Å². The summed E-state index contributed by atoms with van der Waals surface area (Å²) < 4.78 is 2.04. The maximum absolute atomic E-state index is 4.93. The Hall–Kier alpha value is -3.15. The molecule has 6 nitrogen and oxygen atoms in total. The molecule has 4 aromatic rings. The molecule has 0 bridgehead atoms. The summed E-state index contributed by atoms with van der Waals surface area (Å²) in [6, 6.07) is 17.3. The second-order valence-corrected chi connectivity index (χ2v) is 7.28. The molecule has 2 aromatic heterocycles. The number of hydrogen-bond acceptors (Lipinski definition) is 5. The van der Waals surface area contributed by atoms with Crippen molar-refractivity contribution in [3.05, 3.63) is 60.4 Å². The van der Waals surface area contributed by atoms with E-state index in [9.17, 15) is 0 Å². The fraction of sp³-hybridized carbons (Fsp3) is 0.286. The standard InChI is InChI=1S/C21H22N6/c1-15-6-5-7-17(12-15)26-11-10-25(13-16(26)2)20-21-24-22-14-27(21)19-9-4-3-8-18(19)23-20/h3-9,12,14,16H,10-11,13H2,1-2H3/t16-/m1/s1. The monoisotopic (exact) mass is 358 g/mol. The zero-order chi connectivity index (χ0) is 18.4. The van der Waals surface area contributed by atoms with Crippen molar-refractivity contribution in [3.63, 3.8) is 0 Å². The molecular formula is C21H22N6. The Morgan fingerprint density at radius 3 is 2.78 bits per heavy atom. The number of benzene rings is 2. The van der Waals surface area contributed by atoms with Gasteiger partial charge in [0.15, 0.2) is 5.82 Å². The maximum atomic E-state index is 4.93. The van der Waals surface area contributed by atoms with Crippen LogP contribution in [-0.2, 0) is 0 Å². The molecular weight excluding hydrogens is 336 g/mol. The van der Waals surface area contributed by atoms with Crippen LogP contribution in [0.1, 0.15) is 12.5 Å². The summed E-state index contributed by atoms with van der Waals surface area (Å²) in [6.45, 7) is 7.19. The topological polar surface area (TPSA) is 49.6 Å². The highest BCUT2D eigenvalue weighted by atomic mass is 15.3. The molecule has 0 amide bonds. The molecule has 0 radical (unpaired) electrons. The SMILES string of the molecule is Cc1cccc(N2CCN(c3nc4ccccc4n4cnnc34)C[C@H]2C)c1. The molecule has 2 aromatic carbocycles. The van der Waals surface area contributed by atoms with E-state index in [1.165, 1.54) is 11.3 Å². The summed E-state index contributed by atoms with van der Waals surface area (Å²) in [4.78, 5) is 9.75. The van der Waals surface area contributed by atoms with Crippen molar-refractivity contribution < 1.29 is 0 Å². The highest BCUT2D eigenvalue weighted by molar-refractivity contribution is 5.83. The van der Waals surface area contributed by atoms with Crippen LogP contribution in [0, 0.1) is 6.92 Å². The predicted molar refractivity (Wildman–Crippen MR) is 108 cm³/mol. The van der Waals surface area contributed by atoms with Crippen molar-refractivity contribution in [2.24, 2.45) is 0 Å². The third-order valence-corrected chi connectivity index (χ3v) is 5.38. The largest absolute Gasteiger partial charge is 0.365 e. The number of nitrogens with zero attached hydrogens (tertiary/aromatic N) is 6. The van der Waals surface area contributed by atoms with Crippen molar-refractivity contribution in [3.8, 4) is 0 Å². The number of rotatable bonds is 2. The molecule has 0 unspecified atom stereocenters. The van der Waals surface area contributed by atoms with E-state index in [4.69, 9.17) is 4.98 Å². The van der Waals surface area contributed by atoms with Crippen LogP contribution in [0.3, 0.4) is 0 Å². The van der Waals surface area contributed by atoms with Gasteiger partial charge in [-0.05, 0) is 43.7 Å². The summed E-state index contributed by atoms with van der Waals surface area (Å²) in [7, 11) is 0. The van der Waals surface area contributed by atoms with E-state index in [1.807, 2.05) is 22.6 Å². The van der Waals surface area contributed by atoms with Crippen molar-refractivity contribution in [1.29, 1.82) is 0 Å². The smallest absolute Gasteiger partial charge is 0.204 e. The number of fused-ring (bicyclic) bond motifs is 3. The van der Waals surface area contributed by atoms with Crippen LogP contribution in [-0.4, -0.2) is 45.3 Å². The van der Waals surface area contributed by atoms with E-state index in [1.54, 1.807) is 6.33 Å². The van der Waals surface area contributed by atoms with Crippen LogP contribution in [0.2, 0.25) is 0 Å². The molecule has 3 heterocycles. The highest BCUT2D eigenvalue weighted by Crippen LogP contribution is 2.27. The zero-order valence-electron chi connectivity index (χ0n) is 15.6. The summed E-state index contributed by atoms with van der Waals surface area (Å²) >= 11 is 0. The first-order valence-corrected chi connectivity index (χ1v) is 9.37. The normalized spacial score (nSPS) is 17.8. The number of anilines is 2. The van der Waals surface area contributed by atoms with Crippen LogP contribution in [0.15, 0.2) is 54.9 Å². The lowest BCUT2D eigenvalue weighted by molar-refractivity contribution is 0.548. The van der Waals surface area contributed by atoms with Gasteiger partial charge in [-0.25, -0.2) is 4.98 Å². The predicted octanol–water partition coefficient (Wildman–Crippen LogP) is 3.30. The van der Waals surface area contributed by atoms with Crippen molar-refractivity contribution in [2.45, 2.75) is 19.9 Å². The van der Waals surface area contributed by atoms with Gasteiger partial charge in [-0.3, -0.25) is 4.40 Å². The van der Waals surface area contributed by atoms with E-state index in [0.717, 1.165) is 42.1 Å². The van der Waals surface area contributed by atoms with Crippen LogP contribution in [0.4, 0.5) is 11.5 Å². The maximum Gasteiger partial charge on any atom is 0.204 e. The second kappa shape index (κ2) is 6.23.